The second-order valence-electron chi connectivity index (χ2n) is 7.72. The molecule has 33 heavy (non-hydrogen) atoms. The van der Waals surface area contributed by atoms with Crippen molar-refractivity contribution in [2.45, 2.75) is 25.7 Å². The van der Waals surface area contributed by atoms with Crippen molar-refractivity contribution in [1.29, 1.82) is 0 Å². The van der Waals surface area contributed by atoms with Crippen LogP contribution in [0, 0.1) is 0 Å². The van der Waals surface area contributed by atoms with Gasteiger partial charge in [0.2, 0.25) is 11.8 Å². The van der Waals surface area contributed by atoms with Crippen LogP contribution in [-0.4, -0.2) is 57.9 Å². The summed E-state index contributed by atoms with van der Waals surface area (Å²) in [7, 11) is 0. The number of hydrogen-bond donors (Lipinski definition) is 2. The number of nitrogens with one attached hydrogen (secondary N) is 2. The zero-order valence-corrected chi connectivity index (χ0v) is 18.3. The van der Waals surface area contributed by atoms with Gasteiger partial charge in [-0.25, -0.2) is 9.97 Å². The highest BCUT2D eigenvalue weighted by Crippen LogP contribution is 2.32. The lowest BCUT2D eigenvalue weighted by Gasteiger charge is -2.23. The number of aromatic nitrogens is 3. The minimum Gasteiger partial charge on any atom is -0.490 e. The summed E-state index contributed by atoms with van der Waals surface area (Å²) < 4.78 is 11.9. The van der Waals surface area contributed by atoms with E-state index in [-0.39, 0.29) is 24.2 Å². The molecule has 0 bridgehead atoms. The van der Waals surface area contributed by atoms with Crippen LogP contribution in [-0.2, 0) is 11.2 Å². The van der Waals surface area contributed by atoms with E-state index >= 15 is 0 Å². The van der Waals surface area contributed by atoms with Crippen molar-refractivity contribution >= 4 is 11.8 Å². The number of amides is 2. The molecule has 0 spiro atoms. The second-order valence-corrected chi connectivity index (χ2v) is 7.72. The molecule has 2 N–H and O–H groups in total. The van der Waals surface area contributed by atoms with Crippen LogP contribution in [0.1, 0.15) is 35.3 Å². The maximum atomic E-state index is 13.4. The topological polar surface area (TPSA) is 109 Å². The fourth-order valence-corrected chi connectivity index (χ4v) is 3.57. The number of hydrogen-bond acceptors (Lipinski definition) is 6. The molecule has 172 valence electrons. The van der Waals surface area contributed by atoms with Gasteiger partial charge >= 0.3 is 0 Å². The minimum atomic E-state index is -0.292. The molecule has 1 aliphatic rings. The van der Waals surface area contributed by atoms with E-state index in [1.54, 1.807) is 41.8 Å². The van der Waals surface area contributed by atoms with Gasteiger partial charge in [0.1, 0.15) is 5.56 Å². The van der Waals surface area contributed by atoms with Crippen LogP contribution in [0.2, 0.25) is 0 Å². The number of benzene rings is 1. The number of nitrogens with zero attached hydrogens (tertiary/aromatic N) is 3. The zero-order chi connectivity index (χ0) is 22.9. The number of ether oxygens (including phenoxy) is 2. The van der Waals surface area contributed by atoms with Crippen molar-refractivity contribution in [3.05, 3.63) is 66.4 Å². The number of aromatic amines is 1. The van der Waals surface area contributed by atoms with E-state index in [0.29, 0.717) is 43.2 Å². The molecule has 0 saturated heterocycles. The van der Waals surface area contributed by atoms with Crippen LogP contribution in [0.5, 0.6) is 17.4 Å². The third-order valence-electron chi connectivity index (χ3n) is 5.28. The molecule has 0 radical (unpaired) electrons. The second kappa shape index (κ2) is 11.1. The van der Waals surface area contributed by atoms with Crippen LogP contribution in [0.3, 0.4) is 0 Å². The minimum absolute atomic E-state index is 0.0385. The molecule has 0 saturated carbocycles. The highest BCUT2D eigenvalue weighted by Gasteiger charge is 2.23. The van der Waals surface area contributed by atoms with Gasteiger partial charge in [0.25, 0.3) is 5.91 Å². The van der Waals surface area contributed by atoms with Crippen molar-refractivity contribution in [1.82, 2.24) is 25.2 Å². The van der Waals surface area contributed by atoms with Gasteiger partial charge in [0.15, 0.2) is 11.5 Å². The molecule has 1 aliphatic heterocycles. The first-order valence-electron chi connectivity index (χ1n) is 11.1. The molecule has 0 atom stereocenters. The maximum Gasteiger partial charge on any atom is 0.259 e. The predicted molar refractivity (Wildman–Crippen MR) is 121 cm³/mol. The van der Waals surface area contributed by atoms with Gasteiger partial charge in [-0.05, 0) is 43.5 Å². The predicted octanol–water partition coefficient (Wildman–Crippen LogP) is 2.96. The Hall–Kier alpha value is -3.88. The van der Waals surface area contributed by atoms with Gasteiger partial charge < -0.3 is 24.7 Å². The average molecular weight is 450 g/mol. The summed E-state index contributed by atoms with van der Waals surface area (Å²) in [5, 5.41) is 2.87. The molecule has 2 amide bonds. The van der Waals surface area contributed by atoms with Crippen molar-refractivity contribution in [3.8, 4) is 17.4 Å². The largest absolute Gasteiger partial charge is 0.490 e. The Morgan fingerprint density at radius 3 is 2.85 bits per heavy atom. The van der Waals surface area contributed by atoms with E-state index in [2.05, 4.69) is 20.3 Å². The van der Waals surface area contributed by atoms with E-state index in [0.717, 1.165) is 25.0 Å². The summed E-state index contributed by atoms with van der Waals surface area (Å²) in [6.45, 7) is 1.41. The molecule has 0 unspecified atom stereocenters. The monoisotopic (exact) mass is 449 g/mol. The highest BCUT2D eigenvalue weighted by atomic mass is 16.5. The third-order valence-corrected chi connectivity index (χ3v) is 5.28. The summed E-state index contributed by atoms with van der Waals surface area (Å²) in [6, 6.07) is 10.7. The molecule has 0 fully saturated rings. The van der Waals surface area contributed by atoms with Crippen LogP contribution < -0.4 is 14.8 Å². The normalized spacial score (nSPS) is 14.4. The Morgan fingerprint density at radius 1 is 1.12 bits per heavy atom. The summed E-state index contributed by atoms with van der Waals surface area (Å²) in [5.74, 6) is 0.774. The summed E-state index contributed by atoms with van der Waals surface area (Å²) in [6.07, 6.45) is 7.99. The first kappa shape index (κ1) is 22.3. The molecular formula is C24H27N5O4. The smallest absolute Gasteiger partial charge is 0.259 e. The number of carbonyl (C=O) groups excluding carboxylic acids is 2. The first-order valence-corrected chi connectivity index (χ1v) is 11.1. The van der Waals surface area contributed by atoms with Gasteiger partial charge in [-0.15, -0.1) is 0 Å². The van der Waals surface area contributed by atoms with E-state index in [4.69, 9.17) is 9.47 Å². The number of carbonyl (C=O) groups is 2. The molecule has 2 aromatic heterocycles. The van der Waals surface area contributed by atoms with Crippen LogP contribution in [0.15, 0.2) is 55.1 Å². The molecule has 9 heteroatoms. The molecule has 1 aromatic carbocycles. The number of H-pyrrole nitrogens is 1. The molecule has 3 heterocycles. The molecular weight excluding hydrogens is 422 g/mol. The number of para-hydroxylation sites is 2. The van der Waals surface area contributed by atoms with Crippen LogP contribution in [0.4, 0.5) is 0 Å². The third kappa shape index (κ3) is 6.09. The Balaban J connectivity index is 1.50. The van der Waals surface area contributed by atoms with Gasteiger partial charge in [0, 0.05) is 37.6 Å². The maximum absolute atomic E-state index is 13.4. The van der Waals surface area contributed by atoms with Crippen molar-refractivity contribution in [3.63, 3.8) is 0 Å². The SMILES string of the molecule is O=C(CN1CCCCCOc2ccccc2Oc2ncccc2C1=O)NCCc1cnc[nH]1. The molecule has 9 nitrogen and oxygen atoms in total. The van der Waals surface area contributed by atoms with Crippen LogP contribution in [0.25, 0.3) is 0 Å². The highest BCUT2D eigenvalue weighted by molar-refractivity contribution is 5.98. The summed E-state index contributed by atoms with van der Waals surface area (Å²) in [4.78, 5) is 38.8. The Kier molecular flexibility index (Phi) is 7.52. The quantitative estimate of drug-likeness (QED) is 0.620. The van der Waals surface area contributed by atoms with Gasteiger partial charge in [-0.1, -0.05) is 12.1 Å². The van der Waals surface area contributed by atoms with Gasteiger partial charge in [-0.3, -0.25) is 9.59 Å². The van der Waals surface area contributed by atoms with E-state index in [9.17, 15) is 9.59 Å². The Bertz CT molecular complexity index is 1070. The summed E-state index contributed by atoms with van der Waals surface area (Å²) in [5.41, 5.74) is 1.24. The van der Waals surface area contributed by atoms with Crippen molar-refractivity contribution < 1.29 is 19.1 Å². The lowest BCUT2D eigenvalue weighted by atomic mass is 10.2. The number of imidazole rings is 1. The van der Waals surface area contributed by atoms with Crippen molar-refractivity contribution in [2.75, 3.05) is 26.2 Å². The summed E-state index contributed by atoms with van der Waals surface area (Å²) >= 11 is 0. The van der Waals surface area contributed by atoms with E-state index < -0.39 is 0 Å². The Morgan fingerprint density at radius 2 is 2.00 bits per heavy atom. The standard InChI is InChI=1S/C24H27N5O4/c30-22(26-12-10-18-15-25-17-28-18)16-29-13-4-1-5-14-32-20-8-2-3-9-21(20)33-23-19(24(29)31)7-6-11-27-23/h2-3,6-9,11,15,17H,1,4-5,10,12-14,16H2,(H,25,28)(H,26,30). The number of fused-ring (bicyclic) bond motifs is 2. The first-order chi connectivity index (χ1) is 16.2. The average Bonchev–Trinajstić information content (AvgIpc) is 3.34. The van der Waals surface area contributed by atoms with Crippen LogP contribution >= 0.6 is 0 Å². The van der Waals surface area contributed by atoms with E-state index in [1.807, 2.05) is 18.2 Å². The lowest BCUT2D eigenvalue weighted by molar-refractivity contribution is -0.121. The number of rotatable bonds is 5. The molecule has 3 aromatic rings. The van der Waals surface area contributed by atoms with E-state index in [1.165, 1.54) is 0 Å². The van der Waals surface area contributed by atoms with Crippen molar-refractivity contribution in [2.24, 2.45) is 0 Å². The number of pyridine rings is 1. The molecule has 0 aliphatic carbocycles. The fourth-order valence-electron chi connectivity index (χ4n) is 3.57. The fraction of sp³-hybridized carbons (Fsp3) is 0.333. The molecule has 4 rings (SSSR count). The van der Waals surface area contributed by atoms with Gasteiger partial charge in [0.05, 0.1) is 19.5 Å². The Labute approximate surface area is 192 Å². The lowest BCUT2D eigenvalue weighted by Crippen LogP contribution is -2.42. The van der Waals surface area contributed by atoms with Gasteiger partial charge in [-0.2, -0.15) is 0 Å². The zero-order valence-electron chi connectivity index (χ0n) is 18.3.